The molecule has 4 nitrogen and oxygen atoms in total. The second-order valence-corrected chi connectivity index (χ2v) is 4.93. The molecule has 0 heterocycles. The summed E-state index contributed by atoms with van der Waals surface area (Å²) in [7, 11) is 1.29. The standard InChI is InChI=1S/C10H10Cl3NO3/c1-17-9(11)10(12,13)14-8(16)6-4-2-3-5-7(6)15/h2-5,9,15H,1H3,(H,14,16). The summed E-state index contributed by atoms with van der Waals surface area (Å²) < 4.78 is 2.91. The number of alkyl halides is 3. The van der Waals surface area contributed by atoms with Crippen LogP contribution in [0.15, 0.2) is 24.3 Å². The largest absolute Gasteiger partial charge is 0.507 e. The van der Waals surface area contributed by atoms with Crippen LogP contribution < -0.4 is 5.32 Å². The third-order valence-electron chi connectivity index (χ3n) is 1.92. The predicted molar refractivity (Wildman–Crippen MR) is 66.7 cm³/mol. The highest BCUT2D eigenvalue weighted by Crippen LogP contribution is 2.28. The van der Waals surface area contributed by atoms with Crippen LogP contribution in [0.2, 0.25) is 0 Å². The minimum Gasteiger partial charge on any atom is -0.507 e. The Morgan fingerprint density at radius 2 is 2.06 bits per heavy atom. The fraction of sp³-hybridized carbons (Fsp3) is 0.300. The summed E-state index contributed by atoms with van der Waals surface area (Å²) in [5, 5.41) is 11.7. The minimum atomic E-state index is -1.80. The molecule has 0 aromatic heterocycles. The zero-order valence-corrected chi connectivity index (χ0v) is 11.1. The number of amides is 1. The van der Waals surface area contributed by atoms with Crippen molar-refractivity contribution in [2.24, 2.45) is 0 Å². The van der Waals surface area contributed by atoms with Crippen molar-refractivity contribution in [2.75, 3.05) is 7.11 Å². The lowest BCUT2D eigenvalue weighted by Crippen LogP contribution is -2.46. The number of hydrogen-bond donors (Lipinski definition) is 2. The predicted octanol–water partition coefficient (Wildman–Crippen LogP) is 2.46. The van der Waals surface area contributed by atoms with Crippen LogP contribution in [0.1, 0.15) is 10.4 Å². The SMILES string of the molecule is COC(Cl)C(Cl)(Cl)NC(=O)c1ccccc1O. The van der Waals surface area contributed by atoms with E-state index in [1.165, 1.54) is 19.2 Å². The molecule has 1 unspecified atom stereocenters. The summed E-state index contributed by atoms with van der Waals surface area (Å²) in [6, 6.07) is 5.96. The lowest BCUT2D eigenvalue weighted by atomic mass is 10.2. The summed E-state index contributed by atoms with van der Waals surface area (Å²) >= 11 is 17.2. The summed E-state index contributed by atoms with van der Waals surface area (Å²) in [4.78, 5) is 11.7. The van der Waals surface area contributed by atoms with Gasteiger partial charge in [-0.1, -0.05) is 46.9 Å². The normalized spacial score (nSPS) is 13.2. The molecule has 0 aliphatic rings. The number of halogens is 3. The van der Waals surface area contributed by atoms with Gasteiger partial charge in [0.05, 0.1) is 5.56 Å². The highest BCUT2D eigenvalue weighted by molar-refractivity contribution is 6.52. The molecule has 0 aliphatic heterocycles. The molecule has 7 heteroatoms. The van der Waals surface area contributed by atoms with Crippen molar-refractivity contribution >= 4 is 40.7 Å². The number of carbonyl (C=O) groups excluding carboxylic acids is 1. The van der Waals surface area contributed by atoms with Crippen molar-refractivity contribution in [3.63, 3.8) is 0 Å². The maximum absolute atomic E-state index is 11.7. The molecule has 1 rings (SSSR count). The molecule has 0 saturated heterocycles. The van der Waals surface area contributed by atoms with Crippen molar-refractivity contribution in [2.45, 2.75) is 10.0 Å². The summed E-state index contributed by atoms with van der Waals surface area (Å²) in [5.41, 5.74) is -1.08. The number of methoxy groups -OCH3 is 1. The van der Waals surface area contributed by atoms with E-state index < -0.39 is 15.9 Å². The molecule has 0 spiro atoms. The van der Waals surface area contributed by atoms with Crippen LogP contribution in [-0.4, -0.2) is 28.1 Å². The third-order valence-corrected chi connectivity index (χ3v) is 3.24. The van der Waals surface area contributed by atoms with Gasteiger partial charge >= 0.3 is 0 Å². The number of carbonyl (C=O) groups is 1. The number of phenolic OH excluding ortho intramolecular Hbond substituents is 1. The molecule has 2 N–H and O–H groups in total. The molecular weight excluding hydrogens is 288 g/mol. The van der Waals surface area contributed by atoms with Crippen molar-refractivity contribution in [3.8, 4) is 5.75 Å². The second kappa shape index (κ2) is 5.78. The Morgan fingerprint density at radius 3 is 2.59 bits per heavy atom. The second-order valence-electron chi connectivity index (χ2n) is 3.15. The Hall–Kier alpha value is -0.680. The van der Waals surface area contributed by atoms with E-state index in [4.69, 9.17) is 39.5 Å². The Bertz CT molecular complexity index is 412. The highest BCUT2D eigenvalue weighted by Gasteiger charge is 2.36. The molecule has 0 aliphatic carbocycles. The number of rotatable bonds is 4. The van der Waals surface area contributed by atoms with Gasteiger partial charge in [0, 0.05) is 7.11 Å². The average molecular weight is 299 g/mol. The van der Waals surface area contributed by atoms with Crippen LogP contribution in [0, 0.1) is 0 Å². The Morgan fingerprint density at radius 1 is 1.47 bits per heavy atom. The Balaban J connectivity index is 2.83. The summed E-state index contributed by atoms with van der Waals surface area (Å²) in [6.45, 7) is 0. The zero-order valence-electron chi connectivity index (χ0n) is 8.78. The molecule has 0 saturated carbocycles. The van der Waals surface area contributed by atoms with E-state index in [1.54, 1.807) is 12.1 Å². The number of hydrogen-bond acceptors (Lipinski definition) is 3. The van der Waals surface area contributed by atoms with Crippen molar-refractivity contribution < 1.29 is 14.6 Å². The van der Waals surface area contributed by atoms with E-state index in [0.717, 1.165) is 0 Å². The van der Waals surface area contributed by atoms with Crippen LogP contribution in [0.3, 0.4) is 0 Å². The van der Waals surface area contributed by atoms with E-state index >= 15 is 0 Å². The van der Waals surface area contributed by atoms with Gasteiger partial charge in [0.2, 0.25) is 4.46 Å². The number of phenols is 1. The minimum absolute atomic E-state index is 0.0399. The van der Waals surface area contributed by atoms with Gasteiger partial charge in [0.15, 0.2) is 5.56 Å². The number of para-hydroxylation sites is 1. The fourth-order valence-corrected chi connectivity index (χ4v) is 1.49. The first kappa shape index (κ1) is 14.4. The number of aromatic hydroxyl groups is 1. The third kappa shape index (κ3) is 3.64. The Labute approximate surface area is 113 Å². The first-order valence-corrected chi connectivity index (χ1v) is 5.73. The van der Waals surface area contributed by atoms with E-state index in [0.29, 0.717) is 0 Å². The molecule has 0 fully saturated rings. The molecule has 17 heavy (non-hydrogen) atoms. The highest BCUT2D eigenvalue weighted by atomic mass is 35.5. The van der Waals surface area contributed by atoms with Gasteiger partial charge in [-0.3, -0.25) is 4.79 Å². The van der Waals surface area contributed by atoms with Crippen LogP contribution in [0.25, 0.3) is 0 Å². The van der Waals surface area contributed by atoms with E-state index in [9.17, 15) is 9.90 Å². The van der Waals surface area contributed by atoms with Crippen molar-refractivity contribution in [1.82, 2.24) is 5.32 Å². The molecular formula is C10H10Cl3NO3. The maximum atomic E-state index is 11.7. The quantitative estimate of drug-likeness (QED) is 0.663. The molecule has 94 valence electrons. The van der Waals surface area contributed by atoms with Gasteiger partial charge in [-0.2, -0.15) is 0 Å². The molecule has 1 atom stereocenters. The van der Waals surface area contributed by atoms with Crippen LogP contribution >= 0.6 is 34.8 Å². The van der Waals surface area contributed by atoms with E-state index in [-0.39, 0.29) is 11.3 Å². The van der Waals surface area contributed by atoms with Gasteiger partial charge in [-0.25, -0.2) is 0 Å². The first-order valence-electron chi connectivity index (χ1n) is 4.53. The van der Waals surface area contributed by atoms with Crippen LogP contribution in [0.4, 0.5) is 0 Å². The van der Waals surface area contributed by atoms with Crippen molar-refractivity contribution in [1.29, 1.82) is 0 Å². The topological polar surface area (TPSA) is 58.6 Å². The summed E-state index contributed by atoms with van der Waals surface area (Å²) in [5.74, 6) is -0.839. The molecule has 0 radical (unpaired) electrons. The van der Waals surface area contributed by atoms with Crippen LogP contribution in [0.5, 0.6) is 5.75 Å². The zero-order chi connectivity index (χ0) is 13.1. The molecule has 1 amide bonds. The maximum Gasteiger partial charge on any atom is 0.257 e. The Kier molecular flexibility index (Phi) is 4.89. The number of ether oxygens (including phenoxy) is 1. The smallest absolute Gasteiger partial charge is 0.257 e. The fourth-order valence-electron chi connectivity index (χ4n) is 1.09. The van der Waals surface area contributed by atoms with Gasteiger partial charge < -0.3 is 15.2 Å². The lowest BCUT2D eigenvalue weighted by Gasteiger charge is -2.25. The van der Waals surface area contributed by atoms with E-state index in [2.05, 4.69) is 5.32 Å². The average Bonchev–Trinajstić information content (AvgIpc) is 2.27. The first-order chi connectivity index (χ1) is 7.88. The van der Waals surface area contributed by atoms with Gasteiger partial charge in [-0.05, 0) is 12.1 Å². The monoisotopic (exact) mass is 297 g/mol. The van der Waals surface area contributed by atoms with Gasteiger partial charge in [0.1, 0.15) is 5.75 Å². The van der Waals surface area contributed by atoms with Gasteiger partial charge in [0.25, 0.3) is 5.91 Å². The van der Waals surface area contributed by atoms with Crippen molar-refractivity contribution in [3.05, 3.63) is 29.8 Å². The summed E-state index contributed by atoms with van der Waals surface area (Å²) in [6.07, 6.45) is 0. The molecule has 0 bridgehead atoms. The number of benzene rings is 1. The van der Waals surface area contributed by atoms with Gasteiger partial charge in [-0.15, -0.1) is 0 Å². The molecule has 1 aromatic rings. The molecule has 1 aromatic carbocycles. The van der Waals surface area contributed by atoms with Crippen LogP contribution in [-0.2, 0) is 4.74 Å². The lowest BCUT2D eigenvalue weighted by molar-refractivity contribution is 0.0882. The number of nitrogens with one attached hydrogen (secondary N) is 1. The van der Waals surface area contributed by atoms with E-state index in [1.807, 2.05) is 0 Å².